The molecule has 0 fully saturated rings. The van der Waals surface area contributed by atoms with Crippen molar-refractivity contribution in [1.29, 1.82) is 0 Å². The monoisotopic (exact) mass is 475 g/mol. The second kappa shape index (κ2) is 9.47. The van der Waals surface area contributed by atoms with E-state index in [1.54, 1.807) is 0 Å². The molecule has 0 aliphatic rings. The van der Waals surface area contributed by atoms with Crippen LogP contribution in [0.5, 0.6) is 0 Å². The first-order valence-corrected chi connectivity index (χ1v) is 12.6. The van der Waals surface area contributed by atoms with E-state index in [1.807, 2.05) is 103 Å². The number of hydrogen-bond donors (Lipinski definition) is 1. The molecule has 4 aromatic carbocycles. The van der Waals surface area contributed by atoms with Gasteiger partial charge in [0.2, 0.25) is 0 Å². The Morgan fingerprint density at radius 2 is 1.13 bits per heavy atom. The molecule has 0 heterocycles. The highest BCUT2D eigenvalue weighted by Gasteiger charge is 2.31. The first-order chi connectivity index (χ1) is 14.6. The highest BCUT2D eigenvalue weighted by Crippen LogP contribution is 2.47. The van der Waals surface area contributed by atoms with Crippen LogP contribution in [0.3, 0.4) is 0 Å². The van der Waals surface area contributed by atoms with E-state index in [1.165, 1.54) is 0 Å². The SMILES string of the molecule is O=P(CC(Nc1ccc(Br)cc1)c1ccccc1)(c1ccccc1)c1ccccc1. The van der Waals surface area contributed by atoms with Crippen molar-refractivity contribution in [3.05, 3.63) is 125 Å². The van der Waals surface area contributed by atoms with Crippen molar-refractivity contribution in [2.45, 2.75) is 6.04 Å². The largest absolute Gasteiger partial charge is 0.378 e. The van der Waals surface area contributed by atoms with Gasteiger partial charge < -0.3 is 9.88 Å². The first-order valence-electron chi connectivity index (χ1n) is 9.92. The summed E-state index contributed by atoms with van der Waals surface area (Å²) in [5.74, 6) is 0. The predicted molar refractivity (Wildman–Crippen MR) is 132 cm³/mol. The zero-order valence-electron chi connectivity index (χ0n) is 16.5. The summed E-state index contributed by atoms with van der Waals surface area (Å²) >= 11 is 3.49. The second-order valence-corrected chi connectivity index (χ2v) is 11.0. The molecule has 0 radical (unpaired) electrons. The van der Waals surface area contributed by atoms with E-state index < -0.39 is 7.14 Å². The Morgan fingerprint density at radius 1 is 0.667 bits per heavy atom. The molecule has 2 nitrogen and oxygen atoms in total. The number of rotatable bonds is 7. The van der Waals surface area contributed by atoms with Gasteiger partial charge in [-0.1, -0.05) is 107 Å². The normalized spacial score (nSPS) is 12.3. The zero-order valence-corrected chi connectivity index (χ0v) is 19.0. The van der Waals surface area contributed by atoms with Crippen LogP contribution in [-0.2, 0) is 4.57 Å². The predicted octanol–water partition coefficient (Wildman–Crippen LogP) is 6.62. The van der Waals surface area contributed by atoms with Gasteiger partial charge in [-0.2, -0.15) is 0 Å². The third-order valence-corrected chi connectivity index (χ3v) is 8.85. The van der Waals surface area contributed by atoms with E-state index in [0.29, 0.717) is 6.16 Å². The molecule has 1 atom stereocenters. The molecular formula is C26H23BrNOP. The van der Waals surface area contributed by atoms with Crippen molar-refractivity contribution in [3.8, 4) is 0 Å². The summed E-state index contributed by atoms with van der Waals surface area (Å²) in [7, 11) is -2.86. The maximum atomic E-state index is 14.6. The summed E-state index contributed by atoms with van der Waals surface area (Å²) < 4.78 is 15.6. The Kier molecular flexibility index (Phi) is 6.52. The highest BCUT2D eigenvalue weighted by atomic mass is 79.9. The Labute approximate surface area is 186 Å². The van der Waals surface area contributed by atoms with Crippen molar-refractivity contribution >= 4 is 39.4 Å². The molecule has 0 amide bonds. The maximum absolute atomic E-state index is 14.6. The Hall–Kier alpha value is -2.61. The minimum atomic E-state index is -2.86. The van der Waals surface area contributed by atoms with E-state index in [9.17, 15) is 4.57 Å². The van der Waals surface area contributed by atoms with Crippen LogP contribution in [0.25, 0.3) is 0 Å². The third kappa shape index (κ3) is 4.75. The molecule has 0 saturated heterocycles. The molecule has 30 heavy (non-hydrogen) atoms. The van der Waals surface area contributed by atoms with Crippen LogP contribution in [0, 0.1) is 0 Å². The molecule has 150 valence electrons. The van der Waals surface area contributed by atoms with E-state index in [0.717, 1.165) is 26.3 Å². The van der Waals surface area contributed by atoms with Crippen molar-refractivity contribution in [1.82, 2.24) is 0 Å². The van der Waals surface area contributed by atoms with Crippen molar-refractivity contribution < 1.29 is 4.57 Å². The first kappa shape index (κ1) is 20.7. The molecule has 0 aromatic heterocycles. The topological polar surface area (TPSA) is 29.1 Å². The molecule has 0 aliphatic carbocycles. The minimum Gasteiger partial charge on any atom is -0.378 e. The van der Waals surface area contributed by atoms with Crippen molar-refractivity contribution in [2.75, 3.05) is 11.5 Å². The van der Waals surface area contributed by atoms with E-state index >= 15 is 0 Å². The van der Waals surface area contributed by atoms with E-state index in [2.05, 4.69) is 33.4 Å². The lowest BCUT2D eigenvalue weighted by Crippen LogP contribution is -2.25. The standard InChI is InChI=1S/C26H23BrNOP/c27-22-16-18-23(19-17-22)28-26(21-10-4-1-5-11-21)20-30(29,24-12-6-2-7-13-24)25-14-8-3-9-15-25/h1-19,26,28H,20H2. The van der Waals surface area contributed by atoms with E-state index in [4.69, 9.17) is 0 Å². The van der Waals surface area contributed by atoms with Gasteiger partial charge in [-0.3, -0.25) is 0 Å². The molecule has 4 heteroatoms. The summed E-state index contributed by atoms with van der Waals surface area (Å²) in [6.45, 7) is 0. The fourth-order valence-corrected chi connectivity index (χ4v) is 6.73. The van der Waals surface area contributed by atoms with Crippen LogP contribution in [0.2, 0.25) is 0 Å². The fraction of sp³-hybridized carbons (Fsp3) is 0.0769. The van der Waals surface area contributed by atoms with Crippen molar-refractivity contribution in [2.24, 2.45) is 0 Å². The van der Waals surface area contributed by atoms with Gasteiger partial charge in [0.15, 0.2) is 0 Å². The second-order valence-electron chi connectivity index (χ2n) is 7.21. The molecule has 1 unspecified atom stereocenters. The van der Waals surface area contributed by atoms with Gasteiger partial charge in [0.25, 0.3) is 0 Å². The van der Waals surface area contributed by atoms with Crippen LogP contribution in [0.15, 0.2) is 120 Å². The van der Waals surface area contributed by atoms with Crippen molar-refractivity contribution in [3.63, 3.8) is 0 Å². The van der Waals surface area contributed by atoms with Crippen LogP contribution in [0.4, 0.5) is 5.69 Å². The number of benzene rings is 4. The van der Waals surface area contributed by atoms with Gasteiger partial charge in [0.05, 0.1) is 6.04 Å². The molecule has 4 aromatic rings. The fourth-order valence-electron chi connectivity index (χ4n) is 3.62. The molecule has 1 N–H and O–H groups in total. The maximum Gasteiger partial charge on any atom is 0.145 e. The van der Waals surface area contributed by atoms with Gasteiger partial charge in [-0.05, 0) is 29.8 Å². The quantitative estimate of drug-likeness (QED) is 0.304. The van der Waals surface area contributed by atoms with Crippen LogP contribution in [-0.4, -0.2) is 6.16 Å². The molecule has 0 saturated carbocycles. The van der Waals surface area contributed by atoms with Gasteiger partial charge in [0, 0.05) is 26.9 Å². The molecule has 0 spiro atoms. The number of hydrogen-bond acceptors (Lipinski definition) is 2. The lowest BCUT2D eigenvalue weighted by molar-refractivity contribution is 0.584. The number of anilines is 1. The molecular weight excluding hydrogens is 453 g/mol. The molecule has 4 rings (SSSR count). The van der Waals surface area contributed by atoms with Crippen LogP contribution >= 0.6 is 23.1 Å². The number of halogens is 1. The van der Waals surface area contributed by atoms with Crippen LogP contribution < -0.4 is 15.9 Å². The summed E-state index contributed by atoms with van der Waals surface area (Å²) in [5, 5.41) is 5.39. The highest BCUT2D eigenvalue weighted by molar-refractivity contribution is 9.10. The summed E-state index contributed by atoms with van der Waals surface area (Å²) in [6, 6.07) is 38.0. The minimum absolute atomic E-state index is 0.0985. The number of nitrogens with one attached hydrogen (secondary N) is 1. The van der Waals surface area contributed by atoms with Gasteiger partial charge in [-0.15, -0.1) is 0 Å². The van der Waals surface area contributed by atoms with E-state index in [-0.39, 0.29) is 6.04 Å². The Balaban J connectivity index is 1.77. The summed E-state index contributed by atoms with van der Waals surface area (Å²) in [6.07, 6.45) is 0.487. The zero-order chi connectivity index (χ0) is 20.8. The van der Waals surface area contributed by atoms with Gasteiger partial charge in [0.1, 0.15) is 7.14 Å². The lowest BCUT2D eigenvalue weighted by atomic mass is 10.1. The average Bonchev–Trinajstić information content (AvgIpc) is 2.82. The Morgan fingerprint density at radius 3 is 1.63 bits per heavy atom. The lowest BCUT2D eigenvalue weighted by Gasteiger charge is -2.27. The van der Waals surface area contributed by atoms with Gasteiger partial charge >= 0.3 is 0 Å². The average molecular weight is 476 g/mol. The summed E-state index contributed by atoms with van der Waals surface area (Å²) in [5.41, 5.74) is 2.12. The Bertz CT molecular complexity index is 1070. The molecule has 0 aliphatic heterocycles. The van der Waals surface area contributed by atoms with Gasteiger partial charge in [-0.25, -0.2) is 0 Å². The molecule has 0 bridgehead atoms. The summed E-state index contributed by atoms with van der Waals surface area (Å²) in [4.78, 5) is 0. The smallest absolute Gasteiger partial charge is 0.145 e. The third-order valence-electron chi connectivity index (χ3n) is 5.17. The van der Waals surface area contributed by atoms with Crippen LogP contribution in [0.1, 0.15) is 11.6 Å².